The highest BCUT2D eigenvalue weighted by atomic mass is 16.2. The van der Waals surface area contributed by atoms with Crippen LogP contribution in [-0.4, -0.2) is 23.3 Å². The van der Waals surface area contributed by atoms with Crippen LogP contribution in [0.3, 0.4) is 0 Å². The summed E-state index contributed by atoms with van der Waals surface area (Å²) in [7, 11) is 4.99. The van der Waals surface area contributed by atoms with Gasteiger partial charge >= 0.3 is 5.69 Å². The van der Waals surface area contributed by atoms with Crippen LogP contribution < -0.4 is 16.3 Å². The predicted octanol–water partition coefficient (Wildman–Crippen LogP) is -0.639. The fraction of sp³-hybridized carbons (Fsp3) is 0.556. The van der Waals surface area contributed by atoms with Crippen molar-refractivity contribution in [3.05, 3.63) is 32.1 Å². The molecule has 1 aromatic rings. The molecule has 0 radical (unpaired) electrons. The predicted molar refractivity (Wildman–Crippen MR) is 55.5 cm³/mol. The second-order valence-corrected chi connectivity index (χ2v) is 3.52. The van der Waals surface area contributed by atoms with E-state index in [1.54, 1.807) is 35.0 Å². The monoisotopic (exact) mass is 197 g/mol. The highest BCUT2D eigenvalue weighted by Gasteiger charge is 2.11. The molecule has 0 saturated heterocycles. The van der Waals surface area contributed by atoms with E-state index in [4.69, 9.17) is 0 Å². The molecule has 0 aliphatic carbocycles. The lowest BCUT2D eigenvalue weighted by Gasteiger charge is -2.17. The van der Waals surface area contributed by atoms with Gasteiger partial charge in [0.15, 0.2) is 0 Å². The van der Waals surface area contributed by atoms with Gasteiger partial charge in [-0.05, 0) is 13.8 Å². The minimum absolute atomic E-state index is 0.254. The molecular formula is C9H15N3O2. The number of rotatable bonds is 1. The molecule has 1 heterocycles. The van der Waals surface area contributed by atoms with Crippen molar-refractivity contribution in [3.63, 3.8) is 0 Å². The highest BCUT2D eigenvalue weighted by Crippen LogP contribution is 1.94. The molecule has 0 N–H and O–H groups in total. The third-order valence-electron chi connectivity index (χ3n) is 2.43. The molecule has 0 unspecified atom stereocenters. The molecule has 14 heavy (non-hydrogen) atoms. The Kier molecular flexibility index (Phi) is 2.51. The van der Waals surface area contributed by atoms with Gasteiger partial charge in [-0.25, -0.2) is 4.79 Å². The first-order valence-corrected chi connectivity index (χ1v) is 4.34. The summed E-state index contributed by atoms with van der Waals surface area (Å²) in [5.41, 5.74) is 0.734. The fourth-order valence-corrected chi connectivity index (χ4v) is 1.29. The van der Waals surface area contributed by atoms with Gasteiger partial charge in [0.05, 0.1) is 0 Å². The normalized spacial score (nSPS) is 10.4. The van der Waals surface area contributed by atoms with E-state index < -0.39 is 0 Å². The van der Waals surface area contributed by atoms with E-state index in [0.29, 0.717) is 11.3 Å². The summed E-state index contributed by atoms with van der Waals surface area (Å²) in [5.74, 6) is 0. The molecule has 78 valence electrons. The molecule has 5 heteroatoms. The van der Waals surface area contributed by atoms with Crippen molar-refractivity contribution in [1.29, 1.82) is 0 Å². The van der Waals surface area contributed by atoms with Crippen LogP contribution in [-0.2, 0) is 7.05 Å². The third kappa shape index (κ3) is 1.34. The number of aromatic nitrogens is 2. The summed E-state index contributed by atoms with van der Waals surface area (Å²) in [6, 6.07) is 0. The Balaban J connectivity index is 3.79. The molecule has 1 rings (SSSR count). The average molecular weight is 197 g/mol. The number of hydrogen-bond acceptors (Lipinski definition) is 3. The van der Waals surface area contributed by atoms with E-state index in [2.05, 4.69) is 0 Å². The molecule has 0 fully saturated rings. The van der Waals surface area contributed by atoms with Crippen LogP contribution in [0.15, 0.2) is 9.59 Å². The minimum Gasteiger partial charge on any atom is -0.312 e. The van der Waals surface area contributed by atoms with Crippen LogP contribution in [0.1, 0.15) is 11.3 Å². The minimum atomic E-state index is -0.317. The number of nitrogens with zero attached hydrogens (tertiary/aromatic N) is 3. The molecule has 0 aromatic carbocycles. The van der Waals surface area contributed by atoms with E-state index in [1.165, 1.54) is 9.58 Å². The van der Waals surface area contributed by atoms with Crippen molar-refractivity contribution in [1.82, 2.24) is 9.24 Å². The topological polar surface area (TPSA) is 47.2 Å². The first-order valence-electron chi connectivity index (χ1n) is 4.34. The van der Waals surface area contributed by atoms with E-state index >= 15 is 0 Å². The quantitative estimate of drug-likeness (QED) is 0.601. The maximum Gasteiger partial charge on any atom is 0.350 e. The number of hydrogen-bond donors (Lipinski definition) is 0. The molecule has 5 nitrogen and oxygen atoms in total. The summed E-state index contributed by atoms with van der Waals surface area (Å²) in [4.78, 5) is 23.4. The van der Waals surface area contributed by atoms with Gasteiger partial charge in [0.2, 0.25) is 0 Å². The van der Waals surface area contributed by atoms with Crippen LogP contribution in [0, 0.1) is 13.8 Å². The second kappa shape index (κ2) is 3.32. The Bertz CT molecular complexity index is 431. The lowest BCUT2D eigenvalue weighted by Crippen LogP contribution is -2.50. The zero-order valence-electron chi connectivity index (χ0n) is 9.16. The zero-order valence-corrected chi connectivity index (χ0v) is 9.16. The highest BCUT2D eigenvalue weighted by molar-refractivity contribution is 5.15. The second-order valence-electron chi connectivity index (χ2n) is 3.52. The smallest absolute Gasteiger partial charge is 0.312 e. The van der Waals surface area contributed by atoms with Crippen molar-refractivity contribution in [3.8, 4) is 0 Å². The Morgan fingerprint density at radius 2 is 1.64 bits per heavy atom. The Hall–Kier alpha value is -1.52. The lowest BCUT2D eigenvalue weighted by molar-refractivity contribution is 0.591. The first kappa shape index (κ1) is 10.6. The largest absolute Gasteiger partial charge is 0.350 e. The zero-order chi connectivity index (χ0) is 11.0. The molecule has 0 spiro atoms. The average Bonchev–Trinajstić information content (AvgIpc) is 2.11. The molecule has 0 amide bonds. The third-order valence-corrected chi connectivity index (χ3v) is 2.43. The van der Waals surface area contributed by atoms with Gasteiger partial charge in [-0.2, -0.15) is 4.68 Å². The van der Waals surface area contributed by atoms with Gasteiger partial charge < -0.3 is 5.01 Å². The van der Waals surface area contributed by atoms with Gasteiger partial charge in [0.25, 0.3) is 5.56 Å². The molecule has 1 aromatic heterocycles. The van der Waals surface area contributed by atoms with E-state index in [1.807, 2.05) is 0 Å². The van der Waals surface area contributed by atoms with Gasteiger partial charge in [-0.15, -0.1) is 0 Å². The van der Waals surface area contributed by atoms with Crippen LogP contribution >= 0.6 is 0 Å². The molecule has 0 aliphatic rings. The van der Waals surface area contributed by atoms with E-state index in [9.17, 15) is 9.59 Å². The van der Waals surface area contributed by atoms with Gasteiger partial charge in [-0.3, -0.25) is 9.36 Å². The summed E-state index contributed by atoms with van der Waals surface area (Å²) >= 11 is 0. The maximum absolute atomic E-state index is 11.7. The van der Waals surface area contributed by atoms with Crippen molar-refractivity contribution in [2.45, 2.75) is 13.8 Å². The van der Waals surface area contributed by atoms with Crippen LogP contribution in [0.5, 0.6) is 0 Å². The van der Waals surface area contributed by atoms with Crippen molar-refractivity contribution < 1.29 is 0 Å². The molecule has 0 saturated carbocycles. The van der Waals surface area contributed by atoms with Crippen molar-refractivity contribution >= 4 is 0 Å². The summed E-state index contributed by atoms with van der Waals surface area (Å²) in [6.07, 6.45) is 0. The molecule has 0 atom stereocenters. The lowest BCUT2D eigenvalue weighted by atomic mass is 10.3. The molecule has 0 bridgehead atoms. The Labute approximate surface area is 82.2 Å². The summed E-state index contributed by atoms with van der Waals surface area (Å²) in [6.45, 7) is 3.48. The van der Waals surface area contributed by atoms with Gasteiger partial charge in [-0.1, -0.05) is 0 Å². The summed E-state index contributed by atoms with van der Waals surface area (Å²) in [5, 5.41) is 1.48. The van der Waals surface area contributed by atoms with Crippen LogP contribution in [0.4, 0.5) is 0 Å². The fourth-order valence-electron chi connectivity index (χ4n) is 1.29. The van der Waals surface area contributed by atoms with E-state index in [-0.39, 0.29) is 11.2 Å². The van der Waals surface area contributed by atoms with Crippen molar-refractivity contribution in [2.75, 3.05) is 19.1 Å². The van der Waals surface area contributed by atoms with Gasteiger partial charge in [0, 0.05) is 32.4 Å². The van der Waals surface area contributed by atoms with Crippen LogP contribution in [0.2, 0.25) is 0 Å². The Morgan fingerprint density at radius 1 is 1.14 bits per heavy atom. The maximum atomic E-state index is 11.7. The van der Waals surface area contributed by atoms with E-state index in [0.717, 1.165) is 4.68 Å². The standard InChI is InChI=1S/C9H15N3O2/c1-6-7(2)11(5)9(14)12(8(6)13)10(3)4/h1-5H3. The Morgan fingerprint density at radius 3 is 2.07 bits per heavy atom. The van der Waals surface area contributed by atoms with Crippen LogP contribution in [0.25, 0.3) is 0 Å². The molecular weight excluding hydrogens is 182 g/mol. The summed E-state index contributed by atoms with van der Waals surface area (Å²) < 4.78 is 2.58. The SMILES string of the molecule is Cc1c(C)n(C)c(=O)n(N(C)C)c1=O. The first-order chi connectivity index (χ1) is 6.37. The van der Waals surface area contributed by atoms with Crippen molar-refractivity contribution in [2.24, 2.45) is 7.05 Å². The van der Waals surface area contributed by atoms with Gasteiger partial charge in [0.1, 0.15) is 0 Å². The molecule has 0 aliphatic heterocycles.